The fourth-order valence-electron chi connectivity index (χ4n) is 6.91. The molecule has 2 fully saturated rings. The van der Waals surface area contributed by atoms with E-state index in [1.807, 2.05) is 0 Å². The normalized spacial score (nSPS) is 22.9. The van der Waals surface area contributed by atoms with E-state index in [-0.39, 0.29) is 49.3 Å². The van der Waals surface area contributed by atoms with Crippen molar-refractivity contribution in [1.82, 2.24) is 26.6 Å². The molecule has 20 nitrogen and oxygen atoms in total. The number of carbonyl (C=O) groups excluding carboxylic acids is 7. The highest BCUT2D eigenvalue weighted by Gasteiger charge is 2.56. The van der Waals surface area contributed by atoms with E-state index in [9.17, 15) is 33.6 Å². The average molecular weight is 932 g/mol. The third-order valence-electron chi connectivity index (χ3n) is 11.8. The van der Waals surface area contributed by atoms with Gasteiger partial charge in [0, 0.05) is 19.9 Å². The van der Waals surface area contributed by atoms with Crippen LogP contribution in [0.1, 0.15) is 115 Å². The van der Waals surface area contributed by atoms with Crippen molar-refractivity contribution in [2.45, 2.75) is 200 Å². The van der Waals surface area contributed by atoms with Gasteiger partial charge in [-0.3, -0.25) is 19.2 Å². The highest BCUT2D eigenvalue weighted by atomic mass is 28.4. The zero-order valence-electron chi connectivity index (χ0n) is 40.8. The molecule has 5 N–H and O–H groups in total. The number of hydrogen-bond acceptors (Lipinski definition) is 15. The third-order valence-corrected chi connectivity index (χ3v) is 16.3. The molecule has 9 atom stereocenters. The Bertz CT molecular complexity index is 1620. The van der Waals surface area contributed by atoms with E-state index in [4.69, 9.17) is 37.6 Å². The first-order valence-corrected chi connectivity index (χ1v) is 25.0. The number of unbranched alkanes of at least 4 members (excludes halogenated alkanes) is 1. The van der Waals surface area contributed by atoms with Crippen LogP contribution in [0.15, 0.2) is 0 Å². The van der Waals surface area contributed by atoms with Crippen LogP contribution < -0.4 is 26.6 Å². The maximum Gasteiger partial charge on any atom is 0.407 e. The average Bonchev–Trinajstić information content (AvgIpc) is 3.18. The van der Waals surface area contributed by atoms with Gasteiger partial charge in [0.15, 0.2) is 20.4 Å². The lowest BCUT2D eigenvalue weighted by atomic mass is 9.94. The second-order valence-corrected chi connectivity index (χ2v) is 23.8. The highest BCUT2D eigenvalue weighted by molar-refractivity contribution is 6.74. The first-order valence-electron chi connectivity index (χ1n) is 22.0. The summed E-state index contributed by atoms with van der Waals surface area (Å²) >= 11 is 0. The molecule has 64 heavy (non-hydrogen) atoms. The number of alkyl carbamates (subject to hydrolysis) is 1. The molecule has 0 radical (unpaired) electrons. The van der Waals surface area contributed by atoms with Crippen LogP contribution in [-0.2, 0) is 66.4 Å². The molecule has 0 unspecified atom stereocenters. The molecule has 0 spiro atoms. The van der Waals surface area contributed by atoms with E-state index in [0.717, 1.165) is 7.11 Å². The summed E-state index contributed by atoms with van der Waals surface area (Å²) in [6.45, 7) is 26.1. The Labute approximate surface area is 379 Å². The summed E-state index contributed by atoms with van der Waals surface area (Å²) in [7, 11) is -0.264. The van der Waals surface area contributed by atoms with Crippen LogP contribution in [0.4, 0.5) is 4.79 Å². The number of carbonyl (C=O) groups is 7. The van der Waals surface area contributed by atoms with Crippen LogP contribution in [0.5, 0.6) is 0 Å². The Kier molecular flexibility index (Phi) is 21.1. The van der Waals surface area contributed by atoms with Gasteiger partial charge in [0.1, 0.15) is 54.2 Å². The molecule has 0 aromatic heterocycles. The molecule has 0 aromatic carbocycles. The maximum absolute atomic E-state index is 13.7. The maximum atomic E-state index is 13.7. The van der Waals surface area contributed by atoms with Crippen molar-refractivity contribution in [1.29, 1.82) is 0 Å². The van der Waals surface area contributed by atoms with Gasteiger partial charge in [-0.15, -0.1) is 0 Å². The quantitative estimate of drug-likeness (QED) is 0.0453. The first-order chi connectivity index (χ1) is 29.4. The zero-order chi connectivity index (χ0) is 49.0. The number of fused-ring (bicyclic) bond motifs is 1. The van der Waals surface area contributed by atoms with Crippen molar-refractivity contribution in [3.63, 3.8) is 0 Å². The van der Waals surface area contributed by atoms with E-state index < -0.39 is 110 Å². The molecule has 5 amide bonds. The van der Waals surface area contributed by atoms with Crippen LogP contribution in [0, 0.1) is 5.92 Å². The summed E-state index contributed by atoms with van der Waals surface area (Å²) in [6.07, 6.45) is -4.54. The predicted molar refractivity (Wildman–Crippen MR) is 236 cm³/mol. The predicted octanol–water partition coefficient (Wildman–Crippen LogP) is 3.09. The minimum absolute atomic E-state index is 0.128. The van der Waals surface area contributed by atoms with E-state index in [0.29, 0.717) is 12.8 Å². The van der Waals surface area contributed by atoms with Gasteiger partial charge in [-0.1, -0.05) is 27.7 Å². The lowest BCUT2D eigenvalue weighted by Gasteiger charge is -2.53. The summed E-state index contributed by atoms with van der Waals surface area (Å²) in [6, 6.07) is -4.39. The van der Waals surface area contributed by atoms with Gasteiger partial charge in [-0.25, -0.2) is 14.4 Å². The molecule has 0 saturated carbocycles. The fourth-order valence-corrected chi connectivity index (χ4v) is 9.38. The molecule has 2 heterocycles. The van der Waals surface area contributed by atoms with Crippen LogP contribution in [0.25, 0.3) is 0 Å². The molecule has 0 aliphatic carbocycles. The number of methoxy groups -OCH3 is 2. The monoisotopic (exact) mass is 932 g/mol. The summed E-state index contributed by atoms with van der Waals surface area (Å²) in [4.78, 5) is 89.9. The third kappa shape index (κ3) is 17.2. The molecule has 2 aliphatic rings. The number of hydrogen-bond donors (Lipinski definition) is 5. The summed E-state index contributed by atoms with van der Waals surface area (Å²) in [5, 5.41) is 13.1. The second kappa shape index (κ2) is 24.0. The molecule has 21 heteroatoms. The number of nitrogens with one attached hydrogen (secondary N) is 5. The SMILES string of the molecule is COC(=O)[C@H](CCCCNC(=O)OC(C)(C)C)NC(=O)CC[C@@H](NC(=O)[C@H](C)NC(=O)[C@@H](C)O[C@@H]1[C@@H](NC(C)=O)[C@H](O[Si](C)(C)C(C)(C)C(C)C)O[C@@H]2COC(C)(C)O[C@@H]12)C(=O)OC. The highest BCUT2D eigenvalue weighted by Crippen LogP contribution is 2.46. The van der Waals surface area contributed by atoms with Crippen molar-refractivity contribution in [3.05, 3.63) is 0 Å². The minimum atomic E-state index is -2.58. The van der Waals surface area contributed by atoms with Gasteiger partial charge < -0.3 is 64.2 Å². The molecule has 0 aromatic rings. The molecule has 368 valence electrons. The van der Waals surface area contributed by atoms with Crippen LogP contribution >= 0.6 is 0 Å². The van der Waals surface area contributed by atoms with Gasteiger partial charge in [0.25, 0.3) is 0 Å². The topological polar surface area (TPSA) is 253 Å². The summed E-state index contributed by atoms with van der Waals surface area (Å²) < 4.78 is 46.9. The van der Waals surface area contributed by atoms with Gasteiger partial charge >= 0.3 is 18.0 Å². The van der Waals surface area contributed by atoms with Crippen molar-refractivity contribution in [3.8, 4) is 0 Å². The van der Waals surface area contributed by atoms with E-state index in [2.05, 4.69) is 67.4 Å². The first kappa shape index (κ1) is 56.2. The Morgan fingerprint density at radius 3 is 1.97 bits per heavy atom. The van der Waals surface area contributed by atoms with Crippen molar-refractivity contribution >= 4 is 50.0 Å². The van der Waals surface area contributed by atoms with E-state index >= 15 is 0 Å². The van der Waals surface area contributed by atoms with Gasteiger partial charge in [0.2, 0.25) is 23.6 Å². The van der Waals surface area contributed by atoms with E-state index in [1.165, 1.54) is 27.9 Å². The van der Waals surface area contributed by atoms with Gasteiger partial charge in [-0.2, -0.15) is 0 Å². The molecular formula is C43H77N5O15Si. The Morgan fingerprint density at radius 2 is 1.42 bits per heavy atom. The minimum Gasteiger partial charge on any atom is -0.467 e. The fraction of sp³-hybridized carbons (Fsp3) is 0.837. The number of ether oxygens (including phenoxy) is 7. The summed E-state index contributed by atoms with van der Waals surface area (Å²) in [5.41, 5.74) is -0.648. The standard InChI is InChI=1S/C43H77N5O15Si/c1-24(2)42(9,10)64(15,16)63-39-32(46-27(5)49)34(33-30(60-39)23-58-43(11,12)61-33)59-26(4)36(52)45-25(3)35(51)48-29(38(54)57-14)20-21-31(50)47-28(37(53)56-13)19-17-18-22-44-40(55)62-41(6,7)8/h24-26,28-30,32-34,39H,17-23H2,1-16H3,(H,44,55)(H,45,52)(H,46,49)(H,47,50)(H,48,51)/t25-,26+,28-,29+,30+,32+,33+,34+,39-/m0/s1. The molecule has 0 bridgehead atoms. The van der Waals surface area contributed by atoms with Crippen LogP contribution in [0.3, 0.4) is 0 Å². The molecular weight excluding hydrogens is 855 g/mol. The number of amides is 5. The Morgan fingerprint density at radius 1 is 0.828 bits per heavy atom. The van der Waals surface area contributed by atoms with Crippen LogP contribution in [0.2, 0.25) is 18.1 Å². The summed E-state index contributed by atoms with van der Waals surface area (Å²) in [5.74, 6) is -4.71. The van der Waals surface area contributed by atoms with Crippen molar-refractivity contribution in [2.24, 2.45) is 5.92 Å². The second-order valence-electron chi connectivity index (χ2n) is 19.2. The largest absolute Gasteiger partial charge is 0.467 e. The van der Waals surface area contributed by atoms with E-state index in [1.54, 1.807) is 34.6 Å². The lowest BCUT2D eigenvalue weighted by molar-refractivity contribution is -0.367. The molecule has 2 aliphatic heterocycles. The smallest absolute Gasteiger partial charge is 0.407 e. The number of esters is 2. The molecule has 2 saturated heterocycles. The Hall–Kier alpha value is -3.89. The number of rotatable bonds is 22. The lowest BCUT2D eigenvalue weighted by Crippen LogP contribution is -2.71. The van der Waals surface area contributed by atoms with Gasteiger partial charge in [-0.05, 0) is 98.2 Å². The zero-order valence-corrected chi connectivity index (χ0v) is 41.8. The van der Waals surface area contributed by atoms with Gasteiger partial charge in [0.05, 0.1) is 20.8 Å². The van der Waals surface area contributed by atoms with Crippen molar-refractivity contribution < 1.29 is 71.1 Å². The Balaban J connectivity index is 2.13. The van der Waals surface area contributed by atoms with Crippen molar-refractivity contribution in [2.75, 3.05) is 27.4 Å². The molecule has 2 rings (SSSR count). The van der Waals surface area contributed by atoms with Crippen LogP contribution in [-0.4, -0.2) is 144 Å².